The van der Waals surface area contributed by atoms with Gasteiger partial charge in [0.25, 0.3) is 0 Å². The predicted octanol–water partition coefficient (Wildman–Crippen LogP) is 16.3. The summed E-state index contributed by atoms with van der Waals surface area (Å²) < 4.78 is 0. The van der Waals surface area contributed by atoms with Crippen LogP contribution in [-0.4, -0.2) is 9.97 Å². The van der Waals surface area contributed by atoms with Gasteiger partial charge in [0.15, 0.2) is 0 Å². The standard InChI is InChI=1S/C56H60N4/c1-5-8-10-18-25-51-43(4)27-31-54-52(26-19-11-9-6-2)44(30-32-53(51)54)28-29-46-42-55(59(47-21-14-12-15-22-47)49-33-37-57-38-34-49)45(20-7-3)41-56(46)60(48-23-16-13-17-24-48)50-35-39-58-40-36-50/h7,12-17,20-24,27-42H,5-6,8-11,18-19,25-26H2,1-4H3. The lowest BCUT2D eigenvalue weighted by Gasteiger charge is -2.31. The number of aromatic nitrogens is 2. The van der Waals surface area contributed by atoms with Crippen molar-refractivity contribution in [2.45, 2.75) is 91.9 Å². The first-order valence-electron chi connectivity index (χ1n) is 22.1. The number of fused-ring (bicyclic) bond motifs is 1. The maximum Gasteiger partial charge on any atom is 0.0541 e. The van der Waals surface area contributed by atoms with Crippen molar-refractivity contribution in [1.29, 1.82) is 0 Å². The number of aryl methyl sites for hydroxylation is 3. The van der Waals surface area contributed by atoms with E-state index in [2.05, 4.69) is 193 Å². The summed E-state index contributed by atoms with van der Waals surface area (Å²) in [6, 6.07) is 43.9. The van der Waals surface area contributed by atoms with Crippen molar-refractivity contribution < 1.29 is 0 Å². The fourth-order valence-electron chi connectivity index (χ4n) is 8.50. The van der Waals surface area contributed by atoms with Gasteiger partial charge in [0.05, 0.1) is 11.4 Å². The number of nitrogens with zero attached hydrogens (tertiary/aromatic N) is 4. The Morgan fingerprint density at radius 1 is 0.450 bits per heavy atom. The van der Waals surface area contributed by atoms with Gasteiger partial charge in [-0.1, -0.05) is 137 Å². The molecule has 2 heterocycles. The number of hydrogen-bond acceptors (Lipinski definition) is 4. The Balaban J connectivity index is 1.46. The lowest BCUT2D eigenvalue weighted by molar-refractivity contribution is 0.666. The fraction of sp³-hybridized carbons (Fsp3) is 0.250. The van der Waals surface area contributed by atoms with Crippen molar-refractivity contribution in [3.05, 3.63) is 186 Å². The fourth-order valence-corrected chi connectivity index (χ4v) is 8.50. The van der Waals surface area contributed by atoms with Crippen molar-refractivity contribution in [1.82, 2.24) is 9.97 Å². The van der Waals surface area contributed by atoms with Crippen molar-refractivity contribution >= 4 is 63.1 Å². The quantitative estimate of drug-likeness (QED) is 0.0603. The molecule has 0 bridgehead atoms. The van der Waals surface area contributed by atoms with Gasteiger partial charge in [-0.15, -0.1) is 0 Å². The van der Waals surface area contributed by atoms with E-state index in [4.69, 9.17) is 0 Å². The molecule has 0 unspecified atom stereocenters. The van der Waals surface area contributed by atoms with E-state index in [1.165, 1.54) is 84.4 Å². The Morgan fingerprint density at radius 2 is 0.900 bits per heavy atom. The van der Waals surface area contributed by atoms with Crippen LogP contribution in [0.1, 0.15) is 106 Å². The Bertz CT molecular complexity index is 2390. The molecular formula is C56H60N4. The second kappa shape index (κ2) is 21.1. The topological polar surface area (TPSA) is 32.3 Å². The summed E-state index contributed by atoms with van der Waals surface area (Å²) in [5.41, 5.74) is 14.3. The molecule has 0 atom stereocenters. The molecule has 0 saturated carbocycles. The molecule has 7 rings (SSSR count). The van der Waals surface area contributed by atoms with Crippen molar-refractivity contribution in [3.63, 3.8) is 0 Å². The van der Waals surface area contributed by atoms with Crippen LogP contribution in [0.3, 0.4) is 0 Å². The number of hydrogen-bond donors (Lipinski definition) is 0. The predicted molar refractivity (Wildman–Crippen MR) is 259 cm³/mol. The highest BCUT2D eigenvalue weighted by molar-refractivity contribution is 5.96. The minimum Gasteiger partial charge on any atom is -0.310 e. The van der Waals surface area contributed by atoms with Crippen LogP contribution in [0.4, 0.5) is 34.1 Å². The van der Waals surface area contributed by atoms with E-state index in [1.807, 2.05) is 24.8 Å². The van der Waals surface area contributed by atoms with Crippen molar-refractivity contribution in [2.75, 3.05) is 9.80 Å². The minimum atomic E-state index is 1.04. The van der Waals surface area contributed by atoms with Crippen molar-refractivity contribution in [2.24, 2.45) is 0 Å². The second-order valence-corrected chi connectivity index (χ2v) is 15.8. The molecule has 5 aromatic carbocycles. The molecule has 0 spiro atoms. The van der Waals surface area contributed by atoms with E-state index in [0.717, 1.165) is 58.1 Å². The van der Waals surface area contributed by atoms with E-state index in [-0.39, 0.29) is 0 Å². The lowest BCUT2D eigenvalue weighted by atomic mass is 9.88. The van der Waals surface area contributed by atoms with Crippen LogP contribution in [0.5, 0.6) is 0 Å². The number of para-hydroxylation sites is 2. The average molecular weight is 789 g/mol. The number of allylic oxidation sites excluding steroid dienone is 1. The van der Waals surface area contributed by atoms with E-state index < -0.39 is 0 Å². The van der Waals surface area contributed by atoms with Crippen LogP contribution in [0.25, 0.3) is 29.0 Å². The molecule has 0 N–H and O–H groups in total. The minimum absolute atomic E-state index is 1.04. The smallest absolute Gasteiger partial charge is 0.0541 e. The molecule has 4 nitrogen and oxygen atoms in total. The van der Waals surface area contributed by atoms with Gasteiger partial charge in [-0.3, -0.25) is 9.97 Å². The molecular weight excluding hydrogens is 729 g/mol. The summed E-state index contributed by atoms with van der Waals surface area (Å²) in [4.78, 5) is 13.5. The number of anilines is 6. The van der Waals surface area contributed by atoms with Crippen LogP contribution in [0, 0.1) is 6.92 Å². The summed E-state index contributed by atoms with van der Waals surface area (Å²) in [5.74, 6) is 0. The number of unbranched alkanes of at least 4 members (excludes halogenated alkanes) is 6. The highest BCUT2D eigenvalue weighted by Gasteiger charge is 2.22. The van der Waals surface area contributed by atoms with Crippen LogP contribution < -0.4 is 9.80 Å². The van der Waals surface area contributed by atoms with Gasteiger partial charge in [-0.2, -0.15) is 0 Å². The highest BCUT2D eigenvalue weighted by atomic mass is 15.2. The maximum atomic E-state index is 4.41. The van der Waals surface area contributed by atoms with Gasteiger partial charge < -0.3 is 9.80 Å². The summed E-state index contributed by atoms with van der Waals surface area (Å²) in [5, 5.41) is 2.83. The summed E-state index contributed by atoms with van der Waals surface area (Å²) in [7, 11) is 0. The summed E-state index contributed by atoms with van der Waals surface area (Å²) in [6.45, 7) is 8.98. The molecule has 0 saturated heterocycles. The number of rotatable bonds is 19. The molecule has 0 aliphatic carbocycles. The Labute approximate surface area is 359 Å². The lowest BCUT2D eigenvalue weighted by Crippen LogP contribution is -2.15. The zero-order valence-corrected chi connectivity index (χ0v) is 36.0. The van der Waals surface area contributed by atoms with Crippen LogP contribution in [-0.2, 0) is 12.8 Å². The molecule has 0 aliphatic heterocycles. The first-order chi connectivity index (χ1) is 29.6. The maximum absolute atomic E-state index is 4.41. The molecule has 0 fully saturated rings. The van der Waals surface area contributed by atoms with E-state index in [9.17, 15) is 0 Å². The van der Waals surface area contributed by atoms with Gasteiger partial charge in [-0.05, 0) is 133 Å². The SMILES string of the molecule is CC=Cc1cc(N(c2ccccc2)c2ccncc2)c(C=Cc2ccc3c(CCCCCC)c(C)ccc3c2CCCCCC)cc1N(c1ccccc1)c1ccncc1. The average Bonchev–Trinajstić information content (AvgIpc) is 3.29. The van der Waals surface area contributed by atoms with Crippen molar-refractivity contribution in [3.8, 4) is 0 Å². The third-order valence-corrected chi connectivity index (χ3v) is 11.6. The van der Waals surface area contributed by atoms with Crippen LogP contribution in [0.2, 0.25) is 0 Å². The third-order valence-electron chi connectivity index (χ3n) is 11.6. The van der Waals surface area contributed by atoms with Gasteiger partial charge in [0, 0.05) is 58.7 Å². The van der Waals surface area contributed by atoms with Crippen LogP contribution in [0.15, 0.2) is 152 Å². The molecule has 0 amide bonds. The summed E-state index contributed by atoms with van der Waals surface area (Å²) >= 11 is 0. The molecule has 0 radical (unpaired) electrons. The molecule has 60 heavy (non-hydrogen) atoms. The Hall–Kier alpha value is -6.26. The molecule has 0 aliphatic rings. The van der Waals surface area contributed by atoms with Crippen LogP contribution >= 0.6 is 0 Å². The van der Waals surface area contributed by atoms with E-state index in [1.54, 1.807) is 0 Å². The molecule has 304 valence electrons. The van der Waals surface area contributed by atoms with Gasteiger partial charge in [0.2, 0.25) is 0 Å². The van der Waals surface area contributed by atoms with E-state index >= 15 is 0 Å². The Kier molecular flexibility index (Phi) is 14.8. The number of pyridine rings is 2. The molecule has 4 heteroatoms. The Morgan fingerprint density at radius 3 is 1.42 bits per heavy atom. The van der Waals surface area contributed by atoms with Gasteiger partial charge in [-0.25, -0.2) is 0 Å². The summed E-state index contributed by atoms with van der Waals surface area (Å²) in [6.07, 6.45) is 28.8. The second-order valence-electron chi connectivity index (χ2n) is 15.8. The highest BCUT2D eigenvalue weighted by Crippen LogP contribution is 2.44. The third kappa shape index (κ3) is 9.94. The zero-order valence-electron chi connectivity index (χ0n) is 36.0. The molecule has 2 aromatic heterocycles. The van der Waals surface area contributed by atoms with Gasteiger partial charge >= 0.3 is 0 Å². The number of benzene rings is 5. The normalized spacial score (nSPS) is 11.5. The first-order valence-corrected chi connectivity index (χ1v) is 22.1. The zero-order chi connectivity index (χ0) is 41.5. The van der Waals surface area contributed by atoms with E-state index in [0.29, 0.717) is 0 Å². The largest absolute Gasteiger partial charge is 0.310 e. The van der Waals surface area contributed by atoms with Gasteiger partial charge in [0.1, 0.15) is 0 Å². The monoisotopic (exact) mass is 788 g/mol. The molecule has 7 aromatic rings. The first kappa shape index (κ1) is 41.9.